The summed E-state index contributed by atoms with van der Waals surface area (Å²) in [5.74, 6) is 3.45. The van der Waals surface area contributed by atoms with Gasteiger partial charge in [-0.25, -0.2) is 0 Å². The molecule has 0 saturated heterocycles. The van der Waals surface area contributed by atoms with Gasteiger partial charge in [0, 0.05) is 6.42 Å². The average Bonchev–Trinajstić information content (AvgIpc) is 2.57. The van der Waals surface area contributed by atoms with Gasteiger partial charge in [0.05, 0.1) is 0 Å². The molecule has 4 heteroatoms. The minimum absolute atomic E-state index is 0.169. The van der Waals surface area contributed by atoms with Crippen molar-refractivity contribution in [1.82, 2.24) is 0 Å². The average molecular weight is 352 g/mol. The summed E-state index contributed by atoms with van der Waals surface area (Å²) in [6, 6.07) is 14.1. The molecular formula is C22H24O4. The first-order chi connectivity index (χ1) is 12.5. The van der Waals surface area contributed by atoms with E-state index in [0.717, 1.165) is 43.6 Å². The van der Waals surface area contributed by atoms with Crippen molar-refractivity contribution in [3.8, 4) is 23.0 Å². The summed E-state index contributed by atoms with van der Waals surface area (Å²) in [6.45, 7) is 0. The highest BCUT2D eigenvalue weighted by atomic mass is 16.5. The van der Waals surface area contributed by atoms with E-state index < -0.39 is 0 Å². The number of rotatable bonds is 4. The molecule has 2 aromatic carbocycles. The van der Waals surface area contributed by atoms with Gasteiger partial charge in [0.1, 0.15) is 34.2 Å². The second kappa shape index (κ2) is 5.57. The number of hydrogen-bond donors (Lipinski definition) is 2. The second-order valence-electron chi connectivity index (χ2n) is 8.52. The van der Waals surface area contributed by atoms with Crippen molar-refractivity contribution in [2.75, 3.05) is 0 Å². The fraction of sp³-hybridized carbons (Fsp3) is 0.455. The molecule has 2 N–H and O–H groups in total. The molecular weight excluding hydrogens is 328 g/mol. The third-order valence-corrected chi connectivity index (χ3v) is 6.30. The number of ether oxygens (including phenoxy) is 2. The van der Waals surface area contributed by atoms with Gasteiger partial charge in [-0.15, -0.1) is 0 Å². The quantitative estimate of drug-likeness (QED) is 0.841. The van der Waals surface area contributed by atoms with Crippen LogP contribution in [0.1, 0.15) is 38.5 Å². The second-order valence-corrected chi connectivity index (χ2v) is 8.52. The zero-order chi connectivity index (χ0) is 17.8. The molecule has 4 saturated carbocycles. The third-order valence-electron chi connectivity index (χ3n) is 6.30. The molecule has 0 spiro atoms. The number of phenolic OH excluding ortho intramolecular Hbond substituents is 2. The van der Waals surface area contributed by atoms with E-state index in [1.54, 1.807) is 24.3 Å². The molecule has 4 aliphatic carbocycles. The molecule has 4 fully saturated rings. The van der Waals surface area contributed by atoms with Crippen molar-refractivity contribution in [1.29, 1.82) is 0 Å². The van der Waals surface area contributed by atoms with Crippen LogP contribution in [0.15, 0.2) is 48.5 Å². The Balaban J connectivity index is 1.42. The van der Waals surface area contributed by atoms with Gasteiger partial charge in [0.15, 0.2) is 0 Å². The van der Waals surface area contributed by atoms with Gasteiger partial charge in [-0.1, -0.05) is 0 Å². The lowest BCUT2D eigenvalue weighted by atomic mass is 9.52. The fourth-order valence-corrected chi connectivity index (χ4v) is 5.86. The molecule has 0 heterocycles. The Morgan fingerprint density at radius 1 is 0.654 bits per heavy atom. The molecule has 2 aromatic rings. The molecule has 0 unspecified atom stereocenters. The van der Waals surface area contributed by atoms with E-state index in [1.807, 2.05) is 24.3 Å². The zero-order valence-corrected chi connectivity index (χ0v) is 14.7. The van der Waals surface area contributed by atoms with Crippen molar-refractivity contribution in [3.05, 3.63) is 48.5 Å². The maximum Gasteiger partial charge on any atom is 0.120 e. The Morgan fingerprint density at radius 3 is 1.42 bits per heavy atom. The first-order valence-corrected chi connectivity index (χ1v) is 9.48. The first kappa shape index (κ1) is 15.9. The van der Waals surface area contributed by atoms with Gasteiger partial charge in [-0.05, 0) is 92.5 Å². The topological polar surface area (TPSA) is 58.9 Å². The van der Waals surface area contributed by atoms with Crippen molar-refractivity contribution < 1.29 is 19.7 Å². The van der Waals surface area contributed by atoms with Crippen molar-refractivity contribution in [3.63, 3.8) is 0 Å². The molecule has 4 nitrogen and oxygen atoms in total. The standard InChI is InChI=1S/C22H24O4/c23-17-1-5-19(6-2-17)25-21-10-15-9-16(11-21)13-22(12-15,14-21)26-20-7-3-18(24)4-8-20/h1-8,15-16,23-24H,9-14H2. The molecule has 0 atom stereocenters. The predicted octanol–water partition coefficient (Wildman–Crippen LogP) is 4.65. The lowest BCUT2D eigenvalue weighted by Gasteiger charge is -2.60. The van der Waals surface area contributed by atoms with Crippen LogP contribution < -0.4 is 9.47 Å². The Labute approximate surface area is 153 Å². The van der Waals surface area contributed by atoms with Gasteiger partial charge in [0.2, 0.25) is 0 Å². The first-order valence-electron chi connectivity index (χ1n) is 9.48. The van der Waals surface area contributed by atoms with Gasteiger partial charge >= 0.3 is 0 Å². The van der Waals surface area contributed by atoms with Gasteiger partial charge in [0.25, 0.3) is 0 Å². The van der Waals surface area contributed by atoms with Crippen molar-refractivity contribution >= 4 is 0 Å². The molecule has 0 radical (unpaired) electrons. The summed E-state index contributed by atoms with van der Waals surface area (Å²) in [4.78, 5) is 0. The summed E-state index contributed by atoms with van der Waals surface area (Å²) < 4.78 is 13.0. The molecule has 136 valence electrons. The van der Waals surface area contributed by atoms with Crippen molar-refractivity contribution in [2.24, 2.45) is 11.8 Å². The van der Waals surface area contributed by atoms with E-state index in [-0.39, 0.29) is 22.7 Å². The van der Waals surface area contributed by atoms with E-state index in [4.69, 9.17) is 9.47 Å². The zero-order valence-electron chi connectivity index (χ0n) is 14.7. The van der Waals surface area contributed by atoms with Crippen LogP contribution in [0, 0.1) is 11.8 Å². The molecule has 26 heavy (non-hydrogen) atoms. The van der Waals surface area contributed by atoms with E-state index in [0.29, 0.717) is 11.8 Å². The smallest absolute Gasteiger partial charge is 0.120 e. The lowest BCUT2D eigenvalue weighted by Crippen LogP contribution is -2.63. The summed E-state index contributed by atoms with van der Waals surface area (Å²) in [5, 5.41) is 19.0. The Hall–Kier alpha value is -2.36. The van der Waals surface area contributed by atoms with Gasteiger partial charge in [-0.3, -0.25) is 0 Å². The Bertz CT molecular complexity index is 716. The van der Waals surface area contributed by atoms with Gasteiger partial charge in [-0.2, -0.15) is 0 Å². The monoisotopic (exact) mass is 352 g/mol. The van der Waals surface area contributed by atoms with Crippen LogP contribution in [0.2, 0.25) is 0 Å². The maximum atomic E-state index is 9.52. The maximum absolute atomic E-state index is 9.52. The minimum atomic E-state index is -0.169. The molecule has 4 aliphatic rings. The van der Waals surface area contributed by atoms with E-state index in [1.165, 1.54) is 6.42 Å². The van der Waals surface area contributed by atoms with E-state index in [2.05, 4.69) is 0 Å². The van der Waals surface area contributed by atoms with Crippen LogP contribution in [0.5, 0.6) is 23.0 Å². The largest absolute Gasteiger partial charge is 0.508 e. The van der Waals surface area contributed by atoms with Crippen molar-refractivity contribution in [2.45, 2.75) is 49.7 Å². The molecule has 4 bridgehead atoms. The number of aromatic hydroxyl groups is 2. The highest BCUT2D eigenvalue weighted by Crippen LogP contribution is 2.60. The van der Waals surface area contributed by atoms with E-state index >= 15 is 0 Å². The highest BCUT2D eigenvalue weighted by Gasteiger charge is 2.60. The number of phenols is 2. The molecule has 0 amide bonds. The third kappa shape index (κ3) is 2.77. The Kier molecular flexibility index (Phi) is 3.40. The molecule has 0 aromatic heterocycles. The number of benzene rings is 2. The fourth-order valence-electron chi connectivity index (χ4n) is 5.86. The van der Waals surface area contributed by atoms with Crippen LogP contribution in [-0.4, -0.2) is 21.4 Å². The van der Waals surface area contributed by atoms with Crippen LogP contribution in [0.25, 0.3) is 0 Å². The van der Waals surface area contributed by atoms with Crippen LogP contribution in [0.4, 0.5) is 0 Å². The van der Waals surface area contributed by atoms with Crippen LogP contribution >= 0.6 is 0 Å². The summed E-state index contributed by atoms with van der Waals surface area (Å²) in [7, 11) is 0. The molecule has 0 aliphatic heterocycles. The highest BCUT2D eigenvalue weighted by molar-refractivity contribution is 5.33. The SMILES string of the molecule is Oc1ccc(OC23CC4CC(C2)CC(Oc2ccc(O)cc2)(C4)C3)cc1. The lowest BCUT2D eigenvalue weighted by molar-refractivity contribution is -0.177. The van der Waals surface area contributed by atoms with Crippen LogP contribution in [-0.2, 0) is 0 Å². The normalized spacial score (nSPS) is 34.6. The molecule has 6 rings (SSSR count). The summed E-state index contributed by atoms with van der Waals surface area (Å²) in [5.41, 5.74) is -0.337. The van der Waals surface area contributed by atoms with Gasteiger partial charge < -0.3 is 19.7 Å². The summed E-state index contributed by atoms with van der Waals surface area (Å²) >= 11 is 0. The Morgan fingerprint density at radius 2 is 1.04 bits per heavy atom. The predicted molar refractivity (Wildman–Crippen MR) is 97.6 cm³/mol. The number of hydrogen-bond acceptors (Lipinski definition) is 4. The minimum Gasteiger partial charge on any atom is -0.508 e. The van der Waals surface area contributed by atoms with E-state index in [9.17, 15) is 10.2 Å². The summed E-state index contributed by atoms with van der Waals surface area (Å²) in [6.07, 6.45) is 6.53. The van der Waals surface area contributed by atoms with Crippen LogP contribution in [0.3, 0.4) is 0 Å².